The highest BCUT2D eigenvalue weighted by atomic mass is 16.6. The predicted molar refractivity (Wildman–Crippen MR) is 68.5 cm³/mol. The lowest BCUT2D eigenvalue weighted by Gasteiger charge is -2.51. The molecule has 1 heterocycles. The van der Waals surface area contributed by atoms with Gasteiger partial charge in [-0.2, -0.15) is 0 Å². The first-order valence-corrected chi connectivity index (χ1v) is 6.14. The molecule has 0 aromatic heterocycles. The molecule has 102 valence electrons. The third-order valence-corrected chi connectivity index (χ3v) is 3.64. The number of likely N-dealkylation sites (tertiary alicyclic amines) is 1. The molecule has 0 bridgehead atoms. The average Bonchev–Trinajstić information content (AvgIpc) is 2.36. The van der Waals surface area contributed by atoms with Gasteiger partial charge in [0.2, 0.25) is 0 Å². The molecule has 5 nitrogen and oxygen atoms in total. The number of hydrogen-bond donors (Lipinski definition) is 1. The van der Waals surface area contributed by atoms with E-state index in [-0.39, 0.29) is 13.2 Å². The maximum absolute atomic E-state index is 11.9. The third-order valence-electron chi connectivity index (χ3n) is 3.64. The number of ether oxygens (including phenoxy) is 1. The summed E-state index contributed by atoms with van der Waals surface area (Å²) in [5.74, 6) is -1.41. The van der Waals surface area contributed by atoms with Crippen molar-refractivity contribution in [3.63, 3.8) is 0 Å². The fourth-order valence-corrected chi connectivity index (χ4v) is 2.20. The molecule has 5 heteroatoms. The van der Waals surface area contributed by atoms with Gasteiger partial charge in [-0.3, -0.25) is 4.79 Å². The van der Waals surface area contributed by atoms with Crippen LogP contribution in [0.5, 0.6) is 0 Å². The Kier molecular flexibility index (Phi) is 3.46. The molecule has 1 atom stereocenters. The zero-order valence-corrected chi connectivity index (χ0v) is 11.0. The highest BCUT2D eigenvalue weighted by Crippen LogP contribution is 2.36. The van der Waals surface area contributed by atoms with Crippen molar-refractivity contribution in [2.24, 2.45) is 5.92 Å². The van der Waals surface area contributed by atoms with Crippen molar-refractivity contribution in [1.29, 1.82) is 0 Å². The summed E-state index contributed by atoms with van der Waals surface area (Å²) >= 11 is 0. The van der Waals surface area contributed by atoms with E-state index in [4.69, 9.17) is 9.84 Å². The van der Waals surface area contributed by atoms with E-state index in [2.05, 4.69) is 0 Å². The van der Waals surface area contributed by atoms with Gasteiger partial charge in [0.05, 0.1) is 11.5 Å². The topological polar surface area (TPSA) is 66.8 Å². The minimum atomic E-state index is -0.878. The van der Waals surface area contributed by atoms with Crippen molar-refractivity contribution >= 4 is 12.1 Å². The minimum Gasteiger partial charge on any atom is -0.481 e. The van der Waals surface area contributed by atoms with Crippen LogP contribution in [-0.2, 0) is 16.1 Å². The molecule has 1 aliphatic rings. The van der Waals surface area contributed by atoms with E-state index in [1.165, 1.54) is 4.90 Å². The van der Waals surface area contributed by atoms with Crippen molar-refractivity contribution in [3.8, 4) is 0 Å². The summed E-state index contributed by atoms with van der Waals surface area (Å²) in [5, 5.41) is 9.00. The van der Waals surface area contributed by atoms with Crippen LogP contribution >= 0.6 is 0 Å². The van der Waals surface area contributed by atoms with Gasteiger partial charge in [-0.1, -0.05) is 30.3 Å². The number of nitrogens with zero attached hydrogens (tertiary/aromatic N) is 1. The zero-order valence-electron chi connectivity index (χ0n) is 11.0. The van der Waals surface area contributed by atoms with Gasteiger partial charge < -0.3 is 14.7 Å². The van der Waals surface area contributed by atoms with Crippen LogP contribution in [0, 0.1) is 5.92 Å². The van der Waals surface area contributed by atoms with Gasteiger partial charge in [-0.15, -0.1) is 0 Å². The summed E-state index contributed by atoms with van der Waals surface area (Å²) < 4.78 is 5.19. The van der Waals surface area contributed by atoms with E-state index in [0.717, 1.165) is 5.56 Å². The van der Waals surface area contributed by atoms with Crippen LogP contribution in [0.25, 0.3) is 0 Å². The normalized spacial score (nSPS) is 20.5. The Morgan fingerprint density at radius 3 is 2.53 bits per heavy atom. The van der Waals surface area contributed by atoms with E-state index in [0.29, 0.717) is 0 Å². The molecule has 2 rings (SSSR count). The monoisotopic (exact) mass is 263 g/mol. The van der Waals surface area contributed by atoms with Gasteiger partial charge in [0.25, 0.3) is 0 Å². The van der Waals surface area contributed by atoms with E-state index < -0.39 is 23.5 Å². The van der Waals surface area contributed by atoms with Gasteiger partial charge >= 0.3 is 12.1 Å². The summed E-state index contributed by atoms with van der Waals surface area (Å²) in [6.07, 6.45) is -0.466. The lowest BCUT2D eigenvalue weighted by Crippen LogP contribution is -2.68. The number of carboxylic acids is 1. The Bertz CT molecular complexity index is 483. The largest absolute Gasteiger partial charge is 0.481 e. The molecule has 19 heavy (non-hydrogen) atoms. The molecule has 1 amide bonds. The summed E-state index contributed by atoms with van der Waals surface area (Å²) in [5.41, 5.74) is 0.212. The molecule has 0 aliphatic carbocycles. The van der Waals surface area contributed by atoms with Gasteiger partial charge in [-0.25, -0.2) is 4.79 Å². The lowest BCUT2D eigenvalue weighted by atomic mass is 9.77. The van der Waals surface area contributed by atoms with Crippen molar-refractivity contribution in [2.45, 2.75) is 26.0 Å². The summed E-state index contributed by atoms with van der Waals surface area (Å²) in [6, 6.07) is 9.37. The SMILES string of the molecule is CC1(C)C(C(=O)O)CN1C(=O)OCc1ccccc1. The second-order valence-electron chi connectivity index (χ2n) is 5.20. The molecule has 0 radical (unpaired) electrons. The Labute approximate surface area is 111 Å². The third kappa shape index (κ3) is 2.54. The molecule has 0 spiro atoms. The van der Waals surface area contributed by atoms with Gasteiger partial charge in [0.15, 0.2) is 0 Å². The van der Waals surface area contributed by atoms with E-state index in [1.54, 1.807) is 13.8 Å². The van der Waals surface area contributed by atoms with Crippen LogP contribution in [0.2, 0.25) is 0 Å². The molecular weight excluding hydrogens is 246 g/mol. The first-order valence-electron chi connectivity index (χ1n) is 6.14. The first-order chi connectivity index (χ1) is 8.93. The van der Waals surface area contributed by atoms with Gasteiger partial charge in [0.1, 0.15) is 6.61 Å². The maximum Gasteiger partial charge on any atom is 0.410 e. The summed E-state index contributed by atoms with van der Waals surface area (Å²) in [7, 11) is 0. The van der Waals surface area contributed by atoms with E-state index in [9.17, 15) is 9.59 Å². The molecule has 1 aromatic carbocycles. The van der Waals surface area contributed by atoms with E-state index in [1.807, 2.05) is 30.3 Å². The maximum atomic E-state index is 11.9. The molecule has 1 N–H and O–H groups in total. The van der Waals surface area contributed by atoms with Crippen LogP contribution in [0.3, 0.4) is 0 Å². The van der Waals surface area contributed by atoms with Gasteiger partial charge in [0, 0.05) is 6.54 Å². The highest BCUT2D eigenvalue weighted by Gasteiger charge is 2.53. The second kappa shape index (κ2) is 4.91. The number of carbonyl (C=O) groups is 2. The molecule has 1 aromatic rings. The number of amides is 1. The number of rotatable bonds is 3. The second-order valence-corrected chi connectivity index (χ2v) is 5.20. The number of aliphatic carboxylic acids is 1. The van der Waals surface area contributed by atoms with Crippen LogP contribution in [0.15, 0.2) is 30.3 Å². The standard InChI is InChI=1S/C14H17NO4/c1-14(2)11(12(16)17)8-15(14)13(18)19-9-10-6-4-3-5-7-10/h3-7,11H,8-9H2,1-2H3,(H,16,17). The van der Waals surface area contributed by atoms with Crippen LogP contribution in [0.1, 0.15) is 19.4 Å². The lowest BCUT2D eigenvalue weighted by molar-refractivity contribution is -0.157. The quantitative estimate of drug-likeness (QED) is 0.907. The van der Waals surface area contributed by atoms with Gasteiger partial charge in [-0.05, 0) is 19.4 Å². The predicted octanol–water partition coefficient (Wildman–Crippen LogP) is 2.12. The van der Waals surface area contributed by atoms with Crippen molar-refractivity contribution < 1.29 is 19.4 Å². The molecule has 1 aliphatic heterocycles. The highest BCUT2D eigenvalue weighted by molar-refractivity contribution is 5.79. The van der Waals surface area contributed by atoms with Crippen molar-refractivity contribution in [2.75, 3.05) is 6.54 Å². The average molecular weight is 263 g/mol. The smallest absolute Gasteiger partial charge is 0.410 e. The minimum absolute atomic E-state index is 0.198. The zero-order chi connectivity index (χ0) is 14.0. The number of hydrogen-bond acceptors (Lipinski definition) is 3. The Balaban J connectivity index is 1.90. The summed E-state index contributed by atoms with van der Waals surface area (Å²) in [6.45, 7) is 3.87. The fraction of sp³-hybridized carbons (Fsp3) is 0.429. The Hall–Kier alpha value is -2.04. The van der Waals surface area contributed by atoms with E-state index >= 15 is 0 Å². The molecule has 1 unspecified atom stereocenters. The number of benzene rings is 1. The first kappa shape index (κ1) is 13.4. The molecule has 0 saturated carbocycles. The fourth-order valence-electron chi connectivity index (χ4n) is 2.20. The number of carbonyl (C=O) groups excluding carboxylic acids is 1. The van der Waals surface area contributed by atoms with Crippen LogP contribution in [0.4, 0.5) is 4.79 Å². The van der Waals surface area contributed by atoms with Crippen LogP contribution < -0.4 is 0 Å². The van der Waals surface area contributed by atoms with Crippen LogP contribution in [-0.4, -0.2) is 34.2 Å². The van der Waals surface area contributed by atoms with Crippen molar-refractivity contribution in [1.82, 2.24) is 4.90 Å². The summed E-state index contributed by atoms with van der Waals surface area (Å²) in [4.78, 5) is 24.3. The Morgan fingerprint density at radius 1 is 1.37 bits per heavy atom. The van der Waals surface area contributed by atoms with Crippen molar-refractivity contribution in [3.05, 3.63) is 35.9 Å². The molecule has 1 fully saturated rings. The Morgan fingerprint density at radius 2 is 2.00 bits per heavy atom. The number of carboxylic acid groups (broad SMARTS) is 1. The molecule has 1 saturated heterocycles. The molecular formula is C14H17NO4.